The SMILES string of the molecule is Cc1cc(C)cc(NS(=O)(=O)CCN2CCNCC2)c1. The number of sulfonamides is 1. The van der Waals surface area contributed by atoms with Crippen molar-refractivity contribution in [3.8, 4) is 0 Å². The van der Waals surface area contributed by atoms with Crippen LogP contribution in [-0.4, -0.2) is 51.8 Å². The molecule has 5 nitrogen and oxygen atoms in total. The number of anilines is 1. The van der Waals surface area contributed by atoms with Gasteiger partial charge in [0.2, 0.25) is 10.0 Å². The maximum atomic E-state index is 12.1. The predicted octanol–water partition coefficient (Wildman–Crippen LogP) is 0.950. The Hall–Kier alpha value is -1.11. The molecule has 0 atom stereocenters. The molecule has 1 saturated heterocycles. The fraction of sp³-hybridized carbons (Fsp3) is 0.571. The molecule has 0 radical (unpaired) electrons. The van der Waals surface area contributed by atoms with Crippen molar-refractivity contribution in [3.05, 3.63) is 29.3 Å². The van der Waals surface area contributed by atoms with Gasteiger partial charge in [-0.3, -0.25) is 9.62 Å². The molecule has 1 heterocycles. The third-order valence-corrected chi connectivity index (χ3v) is 4.65. The second-order valence-corrected chi connectivity index (χ2v) is 7.23. The summed E-state index contributed by atoms with van der Waals surface area (Å²) in [5, 5.41) is 3.26. The van der Waals surface area contributed by atoms with E-state index in [2.05, 4.69) is 14.9 Å². The fourth-order valence-electron chi connectivity index (χ4n) is 2.45. The molecule has 0 aromatic heterocycles. The first-order chi connectivity index (χ1) is 9.44. The molecule has 112 valence electrons. The minimum Gasteiger partial charge on any atom is -0.314 e. The van der Waals surface area contributed by atoms with Crippen molar-refractivity contribution in [2.45, 2.75) is 13.8 Å². The van der Waals surface area contributed by atoms with Gasteiger partial charge in [0.15, 0.2) is 0 Å². The number of aryl methyl sites for hydroxylation is 2. The highest BCUT2D eigenvalue weighted by Crippen LogP contribution is 2.15. The summed E-state index contributed by atoms with van der Waals surface area (Å²) < 4.78 is 26.9. The lowest BCUT2D eigenvalue weighted by atomic mass is 10.1. The van der Waals surface area contributed by atoms with Gasteiger partial charge >= 0.3 is 0 Å². The van der Waals surface area contributed by atoms with Crippen LogP contribution >= 0.6 is 0 Å². The van der Waals surface area contributed by atoms with E-state index in [1.54, 1.807) is 0 Å². The number of benzene rings is 1. The first-order valence-electron chi connectivity index (χ1n) is 6.96. The largest absolute Gasteiger partial charge is 0.314 e. The van der Waals surface area contributed by atoms with Crippen molar-refractivity contribution in [2.24, 2.45) is 0 Å². The number of hydrogen-bond acceptors (Lipinski definition) is 4. The Labute approximate surface area is 121 Å². The number of rotatable bonds is 5. The van der Waals surface area contributed by atoms with Crippen LogP contribution < -0.4 is 10.0 Å². The van der Waals surface area contributed by atoms with Crippen molar-refractivity contribution in [3.63, 3.8) is 0 Å². The summed E-state index contributed by atoms with van der Waals surface area (Å²) in [5.74, 6) is 0.139. The monoisotopic (exact) mass is 297 g/mol. The summed E-state index contributed by atoms with van der Waals surface area (Å²) >= 11 is 0. The van der Waals surface area contributed by atoms with Gasteiger partial charge in [-0.2, -0.15) is 0 Å². The van der Waals surface area contributed by atoms with Crippen molar-refractivity contribution < 1.29 is 8.42 Å². The van der Waals surface area contributed by atoms with E-state index >= 15 is 0 Å². The molecule has 1 aliphatic heterocycles. The average molecular weight is 297 g/mol. The maximum Gasteiger partial charge on any atom is 0.233 e. The molecule has 1 aliphatic rings. The molecule has 2 N–H and O–H groups in total. The average Bonchev–Trinajstić information content (AvgIpc) is 2.36. The van der Waals surface area contributed by atoms with Crippen LogP contribution in [0.1, 0.15) is 11.1 Å². The van der Waals surface area contributed by atoms with Crippen LogP contribution in [0.4, 0.5) is 5.69 Å². The molecule has 0 saturated carbocycles. The Kier molecular flexibility index (Phi) is 5.01. The number of piperazine rings is 1. The van der Waals surface area contributed by atoms with E-state index in [0.717, 1.165) is 37.3 Å². The highest BCUT2D eigenvalue weighted by molar-refractivity contribution is 7.92. The second kappa shape index (κ2) is 6.56. The van der Waals surface area contributed by atoms with E-state index < -0.39 is 10.0 Å². The summed E-state index contributed by atoms with van der Waals surface area (Å²) in [6.45, 7) is 8.21. The summed E-state index contributed by atoms with van der Waals surface area (Å²) in [6, 6.07) is 5.74. The molecule has 6 heteroatoms. The second-order valence-electron chi connectivity index (χ2n) is 5.39. The van der Waals surface area contributed by atoms with Gasteiger partial charge < -0.3 is 5.32 Å². The Bertz CT molecular complexity index is 531. The van der Waals surface area contributed by atoms with E-state index in [-0.39, 0.29) is 5.75 Å². The topological polar surface area (TPSA) is 61.4 Å². The zero-order valence-corrected chi connectivity index (χ0v) is 13.0. The first-order valence-corrected chi connectivity index (χ1v) is 8.62. The summed E-state index contributed by atoms with van der Waals surface area (Å²) in [5.41, 5.74) is 2.78. The van der Waals surface area contributed by atoms with Crippen LogP contribution in [0.5, 0.6) is 0 Å². The Morgan fingerprint density at radius 1 is 1.15 bits per heavy atom. The van der Waals surface area contributed by atoms with Crippen molar-refractivity contribution in [2.75, 3.05) is 43.2 Å². The van der Waals surface area contributed by atoms with Crippen molar-refractivity contribution in [1.29, 1.82) is 0 Å². The zero-order valence-electron chi connectivity index (χ0n) is 12.1. The van der Waals surface area contributed by atoms with Gasteiger partial charge in [0, 0.05) is 38.4 Å². The predicted molar refractivity (Wildman–Crippen MR) is 82.6 cm³/mol. The maximum absolute atomic E-state index is 12.1. The molecule has 0 spiro atoms. The number of nitrogens with zero attached hydrogens (tertiary/aromatic N) is 1. The Morgan fingerprint density at radius 3 is 2.35 bits per heavy atom. The van der Waals surface area contributed by atoms with Crippen LogP contribution in [0.2, 0.25) is 0 Å². The van der Waals surface area contributed by atoms with E-state index in [0.29, 0.717) is 12.2 Å². The number of hydrogen-bond donors (Lipinski definition) is 2. The van der Waals surface area contributed by atoms with Gasteiger partial charge in [0.05, 0.1) is 5.75 Å². The molecular formula is C14H23N3O2S. The van der Waals surface area contributed by atoms with Crippen molar-refractivity contribution in [1.82, 2.24) is 10.2 Å². The Morgan fingerprint density at radius 2 is 1.75 bits per heavy atom. The van der Waals surface area contributed by atoms with Crippen LogP contribution in [0.15, 0.2) is 18.2 Å². The highest BCUT2D eigenvalue weighted by Gasteiger charge is 2.15. The van der Waals surface area contributed by atoms with Gasteiger partial charge in [0.25, 0.3) is 0 Å². The van der Waals surface area contributed by atoms with Crippen LogP contribution in [0.25, 0.3) is 0 Å². The lowest BCUT2D eigenvalue weighted by Crippen LogP contribution is -2.45. The Balaban J connectivity index is 1.92. The smallest absolute Gasteiger partial charge is 0.233 e. The lowest BCUT2D eigenvalue weighted by molar-refractivity contribution is 0.254. The number of nitrogens with one attached hydrogen (secondary N) is 2. The van der Waals surface area contributed by atoms with Crippen molar-refractivity contribution >= 4 is 15.7 Å². The normalized spacial score (nSPS) is 17.1. The minimum atomic E-state index is -3.28. The van der Waals surface area contributed by atoms with E-state index in [9.17, 15) is 8.42 Å². The molecule has 1 aromatic rings. The van der Waals surface area contributed by atoms with E-state index in [1.807, 2.05) is 32.0 Å². The van der Waals surface area contributed by atoms with Gasteiger partial charge in [-0.25, -0.2) is 8.42 Å². The molecule has 1 fully saturated rings. The minimum absolute atomic E-state index is 0.139. The molecular weight excluding hydrogens is 274 g/mol. The quantitative estimate of drug-likeness (QED) is 0.849. The first kappa shape index (κ1) is 15.3. The molecule has 0 bridgehead atoms. The van der Waals surface area contributed by atoms with Crippen LogP contribution in [0.3, 0.4) is 0 Å². The standard InChI is InChI=1S/C14H23N3O2S/c1-12-9-13(2)11-14(10-12)16-20(18,19)8-7-17-5-3-15-4-6-17/h9-11,15-16H,3-8H2,1-2H3. The summed E-state index contributed by atoms with van der Waals surface area (Å²) in [7, 11) is -3.28. The third-order valence-electron chi connectivity index (χ3n) is 3.38. The van der Waals surface area contributed by atoms with Crippen LogP contribution in [-0.2, 0) is 10.0 Å². The molecule has 0 unspecified atom stereocenters. The molecule has 1 aromatic carbocycles. The lowest BCUT2D eigenvalue weighted by Gasteiger charge is -2.26. The highest BCUT2D eigenvalue weighted by atomic mass is 32.2. The van der Waals surface area contributed by atoms with Gasteiger partial charge in [-0.1, -0.05) is 6.07 Å². The van der Waals surface area contributed by atoms with E-state index in [4.69, 9.17) is 0 Å². The zero-order chi connectivity index (χ0) is 14.6. The summed E-state index contributed by atoms with van der Waals surface area (Å²) in [6.07, 6.45) is 0. The third kappa shape index (κ3) is 4.77. The van der Waals surface area contributed by atoms with Gasteiger partial charge in [0.1, 0.15) is 0 Å². The van der Waals surface area contributed by atoms with Gasteiger partial charge in [-0.15, -0.1) is 0 Å². The fourth-order valence-corrected chi connectivity index (χ4v) is 3.53. The molecule has 0 aliphatic carbocycles. The van der Waals surface area contributed by atoms with Crippen LogP contribution in [0, 0.1) is 13.8 Å². The van der Waals surface area contributed by atoms with E-state index in [1.165, 1.54) is 0 Å². The molecule has 2 rings (SSSR count). The van der Waals surface area contributed by atoms with Gasteiger partial charge in [-0.05, 0) is 37.1 Å². The summed E-state index contributed by atoms with van der Waals surface area (Å²) in [4.78, 5) is 2.18. The molecule has 20 heavy (non-hydrogen) atoms. The molecule has 0 amide bonds.